The Morgan fingerprint density at radius 1 is 1.00 bits per heavy atom. The first kappa shape index (κ1) is 20.2. The van der Waals surface area contributed by atoms with Gasteiger partial charge in [-0.3, -0.25) is 9.59 Å². The second kappa shape index (κ2) is 8.22. The van der Waals surface area contributed by atoms with Gasteiger partial charge in [0.15, 0.2) is 0 Å². The van der Waals surface area contributed by atoms with E-state index in [2.05, 4.69) is 5.32 Å². The number of rotatable bonds is 5. The maximum atomic E-state index is 13.0. The van der Waals surface area contributed by atoms with Crippen LogP contribution in [0.5, 0.6) is 0 Å². The van der Waals surface area contributed by atoms with E-state index in [-0.39, 0.29) is 5.69 Å². The first-order valence-electron chi connectivity index (χ1n) is 8.70. The van der Waals surface area contributed by atoms with Crippen LogP contribution < -0.4 is 5.32 Å². The number of nitrogens with zero attached hydrogens (tertiary/aromatic N) is 2. The Kier molecular flexibility index (Phi) is 5.72. The molecular weight excluding hydrogens is 383 g/mol. The summed E-state index contributed by atoms with van der Waals surface area (Å²) in [6, 6.07) is 15.2. The summed E-state index contributed by atoms with van der Waals surface area (Å²) in [7, 11) is 1.42. The summed E-state index contributed by atoms with van der Waals surface area (Å²) in [5.41, 5.74) is -0.151. The van der Waals surface area contributed by atoms with Crippen LogP contribution in [0.25, 0.3) is 5.69 Å². The van der Waals surface area contributed by atoms with Crippen molar-refractivity contribution in [3.8, 4) is 5.69 Å². The molecule has 8 heteroatoms. The number of hydrogen-bond donors (Lipinski definition) is 1. The lowest BCUT2D eigenvalue weighted by atomic mass is 10.1. The van der Waals surface area contributed by atoms with E-state index in [9.17, 15) is 22.8 Å². The van der Waals surface area contributed by atoms with Gasteiger partial charge in [-0.2, -0.15) is 13.2 Å². The molecule has 29 heavy (non-hydrogen) atoms. The summed E-state index contributed by atoms with van der Waals surface area (Å²) in [6.07, 6.45) is -0.928. The van der Waals surface area contributed by atoms with Crippen LogP contribution in [0.2, 0.25) is 0 Å². The summed E-state index contributed by atoms with van der Waals surface area (Å²) in [5.74, 6) is -1.14. The number of para-hydroxylation sites is 1. The fraction of sp³-hybridized carbons (Fsp3) is 0.143. The normalized spacial score (nSPS) is 11.2. The highest BCUT2D eigenvalue weighted by Gasteiger charge is 2.33. The second-order valence-electron chi connectivity index (χ2n) is 6.39. The topological polar surface area (TPSA) is 54.3 Å². The molecule has 0 atom stereocenters. The van der Waals surface area contributed by atoms with E-state index in [0.717, 1.165) is 16.7 Å². The van der Waals surface area contributed by atoms with Gasteiger partial charge in [0.05, 0.1) is 17.8 Å². The van der Waals surface area contributed by atoms with E-state index in [1.54, 1.807) is 18.2 Å². The van der Waals surface area contributed by atoms with Gasteiger partial charge in [0.1, 0.15) is 0 Å². The summed E-state index contributed by atoms with van der Waals surface area (Å²) < 4.78 is 41.0. The van der Waals surface area contributed by atoms with Crippen molar-refractivity contribution in [2.45, 2.75) is 6.18 Å². The smallest absolute Gasteiger partial charge is 0.332 e. The molecule has 3 rings (SSSR count). The van der Waals surface area contributed by atoms with Crippen LogP contribution in [0.3, 0.4) is 0 Å². The number of hydrogen-bond acceptors (Lipinski definition) is 2. The fourth-order valence-corrected chi connectivity index (χ4v) is 2.84. The predicted molar refractivity (Wildman–Crippen MR) is 103 cm³/mol. The molecule has 2 amide bonds. The van der Waals surface area contributed by atoms with Crippen molar-refractivity contribution in [1.82, 2.24) is 9.47 Å². The SMILES string of the molecule is CN(CC(=O)Nc1ccccc1C(F)(F)F)C(=O)c1cccc(-n2cccc2)c1. The molecule has 0 fully saturated rings. The standard InChI is InChI=1S/C21H18F3N3O2/c1-26(14-19(28)25-18-10-3-2-9-17(18)21(22,23)24)20(29)15-7-6-8-16(13-15)27-11-4-5-12-27/h2-13H,14H2,1H3,(H,25,28). The lowest BCUT2D eigenvalue weighted by Gasteiger charge is -2.19. The monoisotopic (exact) mass is 401 g/mol. The van der Waals surface area contributed by atoms with Crippen molar-refractivity contribution >= 4 is 17.5 Å². The van der Waals surface area contributed by atoms with Crippen LogP contribution >= 0.6 is 0 Å². The molecule has 0 unspecified atom stereocenters. The van der Waals surface area contributed by atoms with Gasteiger partial charge in [0.25, 0.3) is 5.91 Å². The summed E-state index contributed by atoms with van der Waals surface area (Å²) in [5, 5.41) is 2.23. The number of aromatic nitrogens is 1. The summed E-state index contributed by atoms with van der Waals surface area (Å²) in [4.78, 5) is 26.0. The lowest BCUT2D eigenvalue weighted by Crippen LogP contribution is -2.35. The molecule has 1 N–H and O–H groups in total. The molecule has 0 saturated carbocycles. The van der Waals surface area contributed by atoms with E-state index in [1.165, 1.54) is 25.2 Å². The maximum absolute atomic E-state index is 13.0. The molecule has 150 valence electrons. The van der Waals surface area contributed by atoms with Crippen LogP contribution in [-0.2, 0) is 11.0 Å². The molecule has 0 radical (unpaired) electrons. The minimum atomic E-state index is -4.59. The van der Waals surface area contributed by atoms with Gasteiger partial charge >= 0.3 is 6.18 Å². The average molecular weight is 401 g/mol. The van der Waals surface area contributed by atoms with Crippen LogP contribution in [-0.4, -0.2) is 34.9 Å². The Morgan fingerprint density at radius 2 is 1.69 bits per heavy atom. The van der Waals surface area contributed by atoms with E-state index >= 15 is 0 Å². The predicted octanol–water partition coefficient (Wildman–Crippen LogP) is 4.21. The number of anilines is 1. The van der Waals surface area contributed by atoms with Crippen molar-refractivity contribution in [2.24, 2.45) is 0 Å². The Hall–Kier alpha value is -3.55. The van der Waals surface area contributed by atoms with Gasteiger partial charge in [0.2, 0.25) is 5.91 Å². The number of nitrogens with one attached hydrogen (secondary N) is 1. The largest absolute Gasteiger partial charge is 0.418 e. The minimum absolute atomic E-state index is 0.347. The van der Waals surface area contributed by atoms with Crippen LogP contribution in [0.4, 0.5) is 18.9 Å². The minimum Gasteiger partial charge on any atom is -0.332 e. The van der Waals surface area contributed by atoms with Gasteiger partial charge < -0.3 is 14.8 Å². The number of benzene rings is 2. The van der Waals surface area contributed by atoms with Crippen LogP contribution in [0.1, 0.15) is 15.9 Å². The van der Waals surface area contributed by atoms with E-state index < -0.39 is 30.1 Å². The molecule has 0 aliphatic heterocycles. The third-order valence-corrected chi connectivity index (χ3v) is 4.23. The number of halogens is 3. The molecule has 2 aromatic carbocycles. The molecule has 0 bridgehead atoms. The number of alkyl halides is 3. The van der Waals surface area contributed by atoms with Gasteiger partial charge in [0, 0.05) is 30.7 Å². The molecule has 1 aromatic heterocycles. The molecular formula is C21H18F3N3O2. The van der Waals surface area contributed by atoms with E-state index in [1.807, 2.05) is 35.2 Å². The Morgan fingerprint density at radius 3 is 2.38 bits per heavy atom. The first-order valence-corrected chi connectivity index (χ1v) is 8.70. The van der Waals surface area contributed by atoms with Crippen LogP contribution in [0, 0.1) is 0 Å². The van der Waals surface area contributed by atoms with Gasteiger partial charge in [-0.1, -0.05) is 18.2 Å². The van der Waals surface area contributed by atoms with Crippen molar-refractivity contribution in [3.05, 3.63) is 84.2 Å². The third-order valence-electron chi connectivity index (χ3n) is 4.23. The Bertz CT molecular complexity index is 1010. The Labute approximate surface area is 165 Å². The highest BCUT2D eigenvalue weighted by Crippen LogP contribution is 2.34. The highest BCUT2D eigenvalue weighted by atomic mass is 19.4. The molecule has 3 aromatic rings. The molecule has 0 aliphatic carbocycles. The highest BCUT2D eigenvalue weighted by molar-refractivity contribution is 5.99. The number of likely N-dealkylation sites (N-methyl/N-ethyl adjacent to an activating group) is 1. The third kappa shape index (κ3) is 4.84. The van der Waals surface area contributed by atoms with Crippen molar-refractivity contribution in [1.29, 1.82) is 0 Å². The fourth-order valence-electron chi connectivity index (χ4n) is 2.84. The zero-order chi connectivity index (χ0) is 21.0. The maximum Gasteiger partial charge on any atom is 0.418 e. The van der Waals surface area contributed by atoms with Gasteiger partial charge in [-0.05, 0) is 42.5 Å². The molecule has 1 heterocycles. The van der Waals surface area contributed by atoms with Gasteiger partial charge in [-0.15, -0.1) is 0 Å². The second-order valence-corrected chi connectivity index (χ2v) is 6.39. The zero-order valence-electron chi connectivity index (χ0n) is 15.5. The lowest BCUT2D eigenvalue weighted by molar-refractivity contribution is -0.137. The quantitative estimate of drug-likeness (QED) is 0.697. The number of amides is 2. The zero-order valence-corrected chi connectivity index (χ0v) is 15.5. The van der Waals surface area contributed by atoms with Crippen molar-refractivity contribution in [2.75, 3.05) is 18.9 Å². The molecule has 0 spiro atoms. The van der Waals surface area contributed by atoms with Crippen molar-refractivity contribution in [3.63, 3.8) is 0 Å². The van der Waals surface area contributed by atoms with E-state index in [0.29, 0.717) is 5.56 Å². The van der Waals surface area contributed by atoms with E-state index in [4.69, 9.17) is 0 Å². The van der Waals surface area contributed by atoms with Crippen LogP contribution in [0.15, 0.2) is 73.1 Å². The number of carbonyl (C=O) groups is 2. The molecule has 0 saturated heterocycles. The number of carbonyl (C=O) groups excluding carboxylic acids is 2. The summed E-state index contributed by atoms with van der Waals surface area (Å²) in [6.45, 7) is -0.390. The molecule has 5 nitrogen and oxygen atoms in total. The van der Waals surface area contributed by atoms with Crippen molar-refractivity contribution < 1.29 is 22.8 Å². The average Bonchev–Trinajstić information content (AvgIpc) is 3.22. The Balaban J connectivity index is 1.69. The summed E-state index contributed by atoms with van der Waals surface area (Å²) >= 11 is 0. The van der Waals surface area contributed by atoms with Gasteiger partial charge in [-0.25, -0.2) is 0 Å². The first-order chi connectivity index (χ1) is 13.8. The molecule has 0 aliphatic rings.